The van der Waals surface area contributed by atoms with E-state index in [0.717, 1.165) is 0 Å². The maximum atomic E-state index is 8.52. The van der Waals surface area contributed by atoms with Crippen LogP contribution in [0.25, 0.3) is 0 Å². The fourth-order valence-corrected chi connectivity index (χ4v) is 0. The Hall–Kier alpha value is 3.35. The van der Waals surface area contributed by atoms with Crippen LogP contribution in [0.2, 0.25) is 0 Å². The van der Waals surface area contributed by atoms with Gasteiger partial charge in [0, 0.05) is 10.4 Å². The number of halogens is 1. The minimum Gasteiger partial charge on any atom is -1.00 e. The van der Waals surface area contributed by atoms with Crippen LogP contribution in [0.1, 0.15) is 0 Å². The summed E-state index contributed by atoms with van der Waals surface area (Å²) >= 11 is 0. The zero-order valence-electron chi connectivity index (χ0n) is 5.42. The summed E-state index contributed by atoms with van der Waals surface area (Å²) in [6, 6.07) is 0. The van der Waals surface area contributed by atoms with Crippen LogP contribution in [0.4, 0.5) is 0 Å². The first-order valence-electron chi connectivity index (χ1n) is 0.667. The van der Waals surface area contributed by atoms with Crippen LogP contribution in [0.5, 0.6) is 0 Å². The molecule has 0 aromatic carbocycles. The number of rotatable bonds is 0. The second-order valence-corrected chi connectivity index (χ2v) is 1.22. The van der Waals surface area contributed by atoms with Gasteiger partial charge in [-0.3, -0.25) is 8.42 Å². The van der Waals surface area contributed by atoms with Crippen molar-refractivity contribution in [2.24, 2.45) is 0 Å². The van der Waals surface area contributed by atoms with Gasteiger partial charge in [-0.2, -0.15) is 0 Å². The van der Waals surface area contributed by atoms with Crippen LogP contribution in [0.15, 0.2) is 0 Å². The quantitative estimate of drug-likeness (QED) is 0.241. The van der Waals surface area contributed by atoms with E-state index < -0.39 is 10.4 Å². The Morgan fingerprint density at radius 1 is 0.889 bits per heavy atom. The minimum absolute atomic E-state index is 0. The molecule has 0 bridgehead atoms. The van der Waals surface area contributed by atoms with Crippen molar-refractivity contribution in [2.75, 3.05) is 0 Å². The molecule has 0 aromatic rings. The van der Waals surface area contributed by atoms with Crippen LogP contribution in [0, 0.1) is 0 Å². The van der Waals surface area contributed by atoms with E-state index in [1.807, 2.05) is 0 Å². The van der Waals surface area contributed by atoms with E-state index in [9.17, 15) is 0 Å². The van der Waals surface area contributed by atoms with Crippen molar-refractivity contribution in [3.8, 4) is 0 Å². The molecule has 0 unspecified atom stereocenters. The fourth-order valence-electron chi connectivity index (χ4n) is 0. The third kappa shape index (κ3) is 88.4. The van der Waals surface area contributed by atoms with E-state index in [1.165, 1.54) is 0 Å². The third-order valence-electron chi connectivity index (χ3n) is 0. The first-order valence-corrected chi connectivity index (χ1v) is 2.00. The van der Waals surface area contributed by atoms with Crippen LogP contribution < -0.4 is 106 Å². The zero-order valence-corrected chi connectivity index (χ0v) is 13.8. The SMILES string of the molecule is O=S(=O)([O-])[O-].[Br-].[Na+].[Na+].[Na+]. The summed E-state index contributed by atoms with van der Waals surface area (Å²) in [7, 11) is -5.17. The standard InChI is InChI=1S/BrH.3Na.H2O4S/c;;;;1-5(2,3)4/h1H;;;;(H2,1,2,3,4)/q;3*+1;/p-3. The molecule has 0 amide bonds. The Balaban J connectivity index is -0.0000000133. The third-order valence-corrected chi connectivity index (χ3v) is 0. The van der Waals surface area contributed by atoms with E-state index in [-0.39, 0.29) is 106 Å². The predicted octanol–water partition coefficient (Wildman–Crippen LogP) is -13.3. The Bertz CT molecular complexity index is 99.0. The predicted molar refractivity (Wildman–Crippen MR) is 10.5 cm³/mol. The van der Waals surface area contributed by atoms with E-state index in [1.54, 1.807) is 0 Å². The molecule has 0 saturated carbocycles. The van der Waals surface area contributed by atoms with Gasteiger partial charge in [-0.05, 0) is 0 Å². The summed E-state index contributed by atoms with van der Waals surface area (Å²) in [4.78, 5) is 0. The molecule has 9 heavy (non-hydrogen) atoms. The summed E-state index contributed by atoms with van der Waals surface area (Å²) in [5.41, 5.74) is 0. The van der Waals surface area contributed by atoms with Crippen molar-refractivity contribution in [3.05, 3.63) is 0 Å². The molecule has 0 aromatic heterocycles. The average molecular weight is 245 g/mol. The van der Waals surface area contributed by atoms with Crippen LogP contribution in [0.3, 0.4) is 0 Å². The molecule has 0 atom stereocenters. The second kappa shape index (κ2) is 13.9. The Morgan fingerprint density at radius 2 is 0.889 bits per heavy atom. The van der Waals surface area contributed by atoms with Gasteiger partial charge >= 0.3 is 88.7 Å². The van der Waals surface area contributed by atoms with E-state index in [4.69, 9.17) is 17.5 Å². The van der Waals surface area contributed by atoms with Gasteiger partial charge < -0.3 is 26.1 Å². The molecule has 0 saturated heterocycles. The first-order chi connectivity index (χ1) is 2.00. The van der Waals surface area contributed by atoms with Crippen molar-refractivity contribution in [2.45, 2.75) is 0 Å². The molecular formula is BrNa3O4S. The molecule has 0 N–H and O–H groups in total. The van der Waals surface area contributed by atoms with Crippen LogP contribution in [-0.4, -0.2) is 17.5 Å². The molecule has 40 valence electrons. The maximum absolute atomic E-state index is 8.52. The second-order valence-electron chi connectivity index (χ2n) is 0.408. The maximum Gasteiger partial charge on any atom is 1.00 e. The van der Waals surface area contributed by atoms with Gasteiger partial charge in [0.15, 0.2) is 0 Å². The van der Waals surface area contributed by atoms with Gasteiger partial charge in [0.1, 0.15) is 0 Å². The molecule has 4 nitrogen and oxygen atoms in total. The van der Waals surface area contributed by atoms with Gasteiger partial charge in [-0.15, -0.1) is 0 Å². The zero-order chi connectivity index (χ0) is 4.50. The van der Waals surface area contributed by atoms with Crippen molar-refractivity contribution in [3.63, 3.8) is 0 Å². The molecule has 9 heteroatoms. The molecule has 0 rings (SSSR count). The molecule has 0 heterocycles. The fraction of sp³-hybridized carbons (Fsp3) is 0. The summed E-state index contributed by atoms with van der Waals surface area (Å²) in [5.74, 6) is 0. The van der Waals surface area contributed by atoms with E-state index in [0.29, 0.717) is 0 Å². The van der Waals surface area contributed by atoms with Gasteiger partial charge in [-0.25, -0.2) is 0 Å². The smallest absolute Gasteiger partial charge is 1.00 e. The summed E-state index contributed by atoms with van der Waals surface area (Å²) < 4.78 is 34.1. The van der Waals surface area contributed by atoms with Crippen molar-refractivity contribution >= 4 is 10.4 Å². The molecule has 0 aliphatic rings. The first kappa shape index (κ1) is 29.4. The van der Waals surface area contributed by atoms with Gasteiger partial charge in [0.2, 0.25) is 0 Å². The van der Waals surface area contributed by atoms with Crippen LogP contribution >= 0.6 is 0 Å². The van der Waals surface area contributed by atoms with Gasteiger partial charge in [0.25, 0.3) is 0 Å². The number of hydrogen-bond acceptors (Lipinski definition) is 4. The Labute approximate surface area is 131 Å². The summed E-state index contributed by atoms with van der Waals surface area (Å²) in [6.45, 7) is 0. The van der Waals surface area contributed by atoms with Crippen molar-refractivity contribution in [1.82, 2.24) is 0 Å². The van der Waals surface area contributed by atoms with Gasteiger partial charge in [-0.1, -0.05) is 0 Å². The normalized spacial score (nSPS) is 6.44. The molecule has 0 aliphatic carbocycles. The van der Waals surface area contributed by atoms with E-state index >= 15 is 0 Å². The monoisotopic (exact) mass is 244 g/mol. The molecule has 0 aliphatic heterocycles. The Kier molecular flexibility index (Phi) is 45.5. The van der Waals surface area contributed by atoms with E-state index in [2.05, 4.69) is 0 Å². The topological polar surface area (TPSA) is 80.3 Å². The average Bonchev–Trinajstić information content (AvgIpc) is 0.722. The Morgan fingerprint density at radius 3 is 0.889 bits per heavy atom. The molecule has 0 fully saturated rings. The largest absolute Gasteiger partial charge is 1.00 e. The number of hydrogen-bond donors (Lipinski definition) is 0. The minimum atomic E-state index is -5.17. The van der Waals surface area contributed by atoms with Crippen molar-refractivity contribution < 1.29 is 123 Å². The van der Waals surface area contributed by atoms with Crippen LogP contribution in [-0.2, 0) is 10.4 Å². The molecule has 0 spiro atoms. The molecular weight excluding hydrogens is 245 g/mol. The summed E-state index contributed by atoms with van der Waals surface area (Å²) in [6.07, 6.45) is 0. The summed E-state index contributed by atoms with van der Waals surface area (Å²) in [5, 5.41) is 0. The van der Waals surface area contributed by atoms with Gasteiger partial charge in [0.05, 0.1) is 0 Å². The molecule has 0 radical (unpaired) electrons. The van der Waals surface area contributed by atoms with Crippen molar-refractivity contribution in [1.29, 1.82) is 0 Å².